The van der Waals surface area contributed by atoms with Gasteiger partial charge in [-0.3, -0.25) is 4.57 Å². The second-order valence-electron chi connectivity index (χ2n) is 8.16. The van der Waals surface area contributed by atoms with Gasteiger partial charge in [0.1, 0.15) is 11.6 Å². The van der Waals surface area contributed by atoms with Crippen LogP contribution in [0.3, 0.4) is 0 Å². The molecule has 2 N–H and O–H groups in total. The van der Waals surface area contributed by atoms with Crippen LogP contribution in [-0.2, 0) is 22.9 Å². The summed E-state index contributed by atoms with van der Waals surface area (Å²) in [4.78, 5) is 16.9. The van der Waals surface area contributed by atoms with Gasteiger partial charge in [-0.05, 0) is 55.3 Å². The molecule has 1 heterocycles. The van der Waals surface area contributed by atoms with Gasteiger partial charge >= 0.3 is 35.6 Å². The van der Waals surface area contributed by atoms with E-state index < -0.39 is 16.1 Å². The number of urea groups is 1. The SMILES string of the molecule is CCc1nc2ccc(OC)cc2n1-c1ccc(CCNC(=O)NS(=O)(=O)c2ccc(C)cc2)cc1.[H-].[Na+]. The Hall–Kier alpha value is -2.85. The Morgan fingerprint density at radius 2 is 1.75 bits per heavy atom. The molecule has 3 aromatic carbocycles. The number of carbonyl (C=O) groups is 1. The number of aromatic nitrogens is 2. The van der Waals surface area contributed by atoms with Crippen molar-refractivity contribution in [2.24, 2.45) is 0 Å². The summed E-state index contributed by atoms with van der Waals surface area (Å²) in [5.74, 6) is 1.72. The third-order valence-corrected chi connectivity index (χ3v) is 7.05. The fourth-order valence-electron chi connectivity index (χ4n) is 3.82. The number of hydrogen-bond donors (Lipinski definition) is 2. The zero-order valence-corrected chi connectivity index (χ0v) is 23.7. The number of imidazole rings is 1. The van der Waals surface area contributed by atoms with Crippen molar-refractivity contribution in [3.63, 3.8) is 0 Å². The second kappa shape index (κ2) is 11.9. The molecule has 0 aliphatic heterocycles. The minimum atomic E-state index is -3.91. The second-order valence-corrected chi connectivity index (χ2v) is 9.84. The van der Waals surface area contributed by atoms with Crippen LogP contribution < -0.4 is 44.3 Å². The Morgan fingerprint density at radius 3 is 2.39 bits per heavy atom. The average molecular weight is 517 g/mol. The summed E-state index contributed by atoms with van der Waals surface area (Å²) in [7, 11) is -2.27. The topological polar surface area (TPSA) is 102 Å². The van der Waals surface area contributed by atoms with Crippen molar-refractivity contribution in [1.29, 1.82) is 0 Å². The van der Waals surface area contributed by atoms with Crippen LogP contribution >= 0.6 is 0 Å². The standard InChI is InChI=1S/C26H28N4O4S.Na.H/c1-4-25-28-23-14-11-21(34-3)17-24(23)30(25)20-9-7-19(8-10-20)15-16-27-26(31)29-35(32,33)22-12-5-18(2)6-13-22;;/h5-14,17H,4,15-16H2,1-3H3,(H2,27,29,31);;/q;+1;-1. The van der Waals surface area contributed by atoms with Gasteiger partial charge in [0.25, 0.3) is 10.0 Å². The summed E-state index contributed by atoms with van der Waals surface area (Å²) in [6.07, 6.45) is 1.33. The fraction of sp³-hybridized carbons (Fsp3) is 0.231. The predicted molar refractivity (Wildman–Crippen MR) is 137 cm³/mol. The van der Waals surface area contributed by atoms with Gasteiger partial charge in [-0.25, -0.2) is 22.9 Å². The average Bonchev–Trinajstić information content (AvgIpc) is 3.22. The number of sulfonamides is 1. The molecular weight excluding hydrogens is 487 g/mol. The van der Waals surface area contributed by atoms with E-state index in [0.717, 1.165) is 45.8 Å². The number of carbonyl (C=O) groups excluding carboxylic acids is 1. The number of ether oxygens (including phenoxy) is 1. The molecule has 0 atom stereocenters. The molecule has 184 valence electrons. The summed E-state index contributed by atoms with van der Waals surface area (Å²) in [6, 6.07) is 19.4. The monoisotopic (exact) mass is 516 g/mol. The Balaban J connectivity index is 0.00000241. The van der Waals surface area contributed by atoms with Crippen LogP contribution in [-0.4, -0.2) is 37.7 Å². The molecule has 0 aliphatic rings. The van der Waals surface area contributed by atoms with E-state index in [1.165, 1.54) is 12.1 Å². The quantitative estimate of drug-likeness (QED) is 0.343. The molecule has 0 saturated heterocycles. The minimum Gasteiger partial charge on any atom is -1.00 e. The van der Waals surface area contributed by atoms with Crippen LogP contribution in [0, 0.1) is 6.92 Å². The molecular formula is C26H29N4NaO4S. The van der Waals surface area contributed by atoms with Crippen LogP contribution in [0.1, 0.15) is 25.3 Å². The van der Waals surface area contributed by atoms with Gasteiger partial charge in [0.15, 0.2) is 0 Å². The summed E-state index contributed by atoms with van der Waals surface area (Å²) >= 11 is 0. The number of benzene rings is 3. The number of amides is 2. The van der Waals surface area contributed by atoms with Crippen molar-refractivity contribution in [1.82, 2.24) is 19.6 Å². The third kappa shape index (κ3) is 6.28. The van der Waals surface area contributed by atoms with Crippen LogP contribution in [0.15, 0.2) is 71.6 Å². The largest absolute Gasteiger partial charge is 1.00 e. The van der Waals surface area contributed by atoms with Gasteiger partial charge in [0.05, 0.1) is 23.0 Å². The number of methoxy groups -OCH3 is 1. The van der Waals surface area contributed by atoms with E-state index in [0.29, 0.717) is 13.0 Å². The van der Waals surface area contributed by atoms with Crippen molar-refractivity contribution in [2.75, 3.05) is 13.7 Å². The van der Waals surface area contributed by atoms with E-state index >= 15 is 0 Å². The van der Waals surface area contributed by atoms with Gasteiger partial charge in [-0.15, -0.1) is 0 Å². The van der Waals surface area contributed by atoms with E-state index in [9.17, 15) is 13.2 Å². The smallest absolute Gasteiger partial charge is 1.00 e. The van der Waals surface area contributed by atoms with Crippen molar-refractivity contribution in [3.8, 4) is 11.4 Å². The number of nitrogens with zero attached hydrogens (tertiary/aromatic N) is 2. The molecule has 0 fully saturated rings. The Bertz CT molecular complexity index is 1460. The Morgan fingerprint density at radius 1 is 1.06 bits per heavy atom. The van der Waals surface area contributed by atoms with Gasteiger partial charge in [0.2, 0.25) is 0 Å². The van der Waals surface area contributed by atoms with E-state index in [4.69, 9.17) is 9.72 Å². The van der Waals surface area contributed by atoms with Crippen molar-refractivity contribution < 1.29 is 48.9 Å². The van der Waals surface area contributed by atoms with E-state index in [1.54, 1.807) is 19.2 Å². The summed E-state index contributed by atoms with van der Waals surface area (Å²) in [5, 5.41) is 2.61. The van der Waals surface area contributed by atoms with Gasteiger partial charge in [-0.2, -0.15) is 0 Å². The van der Waals surface area contributed by atoms with Crippen LogP contribution in [0.25, 0.3) is 16.7 Å². The number of aryl methyl sites for hydroxylation is 2. The van der Waals surface area contributed by atoms with Gasteiger partial charge in [0, 0.05) is 24.7 Å². The Labute approximate surface area is 234 Å². The molecule has 36 heavy (non-hydrogen) atoms. The summed E-state index contributed by atoms with van der Waals surface area (Å²) < 4.78 is 34.2. The molecule has 0 bridgehead atoms. The van der Waals surface area contributed by atoms with Crippen LogP contribution in [0.4, 0.5) is 4.79 Å². The predicted octanol–water partition coefficient (Wildman–Crippen LogP) is 1.25. The van der Waals surface area contributed by atoms with Crippen molar-refractivity contribution in [3.05, 3.63) is 83.7 Å². The first-order valence-corrected chi connectivity index (χ1v) is 12.8. The molecule has 2 amide bonds. The molecule has 4 aromatic rings. The molecule has 8 nitrogen and oxygen atoms in total. The van der Waals surface area contributed by atoms with Crippen molar-refractivity contribution in [2.45, 2.75) is 31.6 Å². The first kappa shape index (κ1) is 27.7. The number of nitrogens with one attached hydrogen (secondary N) is 2. The van der Waals surface area contributed by atoms with Crippen LogP contribution in [0.2, 0.25) is 0 Å². The van der Waals surface area contributed by atoms with E-state index in [2.05, 4.69) is 16.8 Å². The normalized spacial score (nSPS) is 11.1. The maximum Gasteiger partial charge on any atom is 1.00 e. The van der Waals surface area contributed by atoms with E-state index in [-0.39, 0.29) is 35.9 Å². The molecule has 0 spiro atoms. The first-order chi connectivity index (χ1) is 16.8. The maximum absolute atomic E-state index is 12.3. The zero-order valence-electron chi connectivity index (χ0n) is 21.9. The summed E-state index contributed by atoms with van der Waals surface area (Å²) in [5.41, 5.74) is 4.81. The molecule has 0 saturated carbocycles. The number of rotatable bonds is 8. The first-order valence-electron chi connectivity index (χ1n) is 11.3. The number of fused-ring (bicyclic) bond motifs is 1. The molecule has 0 radical (unpaired) electrons. The maximum atomic E-state index is 12.3. The minimum absolute atomic E-state index is 0. The Kier molecular flexibility index (Phi) is 9.19. The molecule has 0 aliphatic carbocycles. The third-order valence-electron chi connectivity index (χ3n) is 5.70. The molecule has 1 aromatic heterocycles. The fourth-order valence-corrected chi connectivity index (χ4v) is 4.75. The zero-order chi connectivity index (χ0) is 25.0. The molecule has 10 heteroatoms. The van der Waals surface area contributed by atoms with E-state index in [1.807, 2.05) is 54.1 Å². The summed E-state index contributed by atoms with van der Waals surface area (Å²) in [6.45, 7) is 4.22. The van der Waals surface area contributed by atoms with Crippen molar-refractivity contribution >= 4 is 27.1 Å². The van der Waals surface area contributed by atoms with Gasteiger partial charge < -0.3 is 11.5 Å². The number of hydrogen-bond acceptors (Lipinski definition) is 5. The van der Waals surface area contributed by atoms with Crippen LogP contribution in [0.5, 0.6) is 5.75 Å². The molecule has 4 rings (SSSR count). The molecule has 0 unspecified atom stereocenters. The van der Waals surface area contributed by atoms with Gasteiger partial charge in [-0.1, -0.05) is 36.8 Å².